The number of hydrogen-bond acceptors (Lipinski definition) is 17. The van der Waals surface area contributed by atoms with Crippen molar-refractivity contribution in [1.29, 1.82) is 0 Å². The smallest absolute Gasteiger partial charge is 0.245 e. The first kappa shape index (κ1) is 87.6. The lowest BCUT2D eigenvalue weighted by Gasteiger charge is -2.29. The summed E-state index contributed by atoms with van der Waals surface area (Å²) in [7, 11) is 0. The van der Waals surface area contributed by atoms with Crippen molar-refractivity contribution in [1.82, 2.24) is 68.8 Å². The van der Waals surface area contributed by atoms with Gasteiger partial charge in [0, 0.05) is 29.9 Å². The third-order valence-corrected chi connectivity index (χ3v) is 17.4. The molecular weight excluding hydrogens is 1350 g/mol. The van der Waals surface area contributed by atoms with Crippen molar-refractivity contribution < 1.29 is 67.4 Å². The molecule has 0 spiro atoms. The molecule has 4 rings (SSSR count). The second-order valence-electron chi connectivity index (χ2n) is 28.1. The van der Waals surface area contributed by atoms with Crippen LogP contribution in [0.4, 0.5) is 0 Å². The molecule has 0 saturated heterocycles. The van der Waals surface area contributed by atoms with Crippen LogP contribution >= 0.6 is 0 Å². The predicted molar refractivity (Wildman–Crippen MR) is 397 cm³/mol. The quantitative estimate of drug-likeness (QED) is 0.0240. The fraction of sp³-hybridized carbons (Fsp3) is 0.554. The van der Waals surface area contributed by atoms with E-state index in [0.717, 1.165) is 16.5 Å². The molecular formula is C74H113N17O14. The lowest BCUT2D eigenvalue weighted by molar-refractivity contribution is -0.136. The summed E-state index contributed by atoms with van der Waals surface area (Å²) in [5.41, 5.74) is 26.3. The van der Waals surface area contributed by atoms with E-state index >= 15 is 0 Å². The van der Waals surface area contributed by atoms with Crippen LogP contribution in [0.3, 0.4) is 0 Å². The number of H-pyrrole nitrogens is 1. The lowest BCUT2D eigenvalue weighted by atomic mass is 9.99. The van der Waals surface area contributed by atoms with Crippen LogP contribution in [0.15, 0.2) is 91.1 Å². The number of benzene rings is 3. The number of hydrogen-bond donors (Lipinski definition) is 18. The number of primary amides is 1. The number of para-hydroxylation sites is 1. The van der Waals surface area contributed by atoms with Crippen molar-refractivity contribution in [2.45, 2.75) is 212 Å². The van der Waals surface area contributed by atoms with Gasteiger partial charge in [0.15, 0.2) is 0 Å². The Morgan fingerprint density at radius 1 is 0.410 bits per heavy atom. The summed E-state index contributed by atoms with van der Waals surface area (Å²) >= 11 is 0. The third-order valence-electron chi connectivity index (χ3n) is 17.4. The van der Waals surface area contributed by atoms with E-state index in [9.17, 15) is 67.4 Å². The lowest BCUT2D eigenvalue weighted by Crippen LogP contribution is -2.61. The van der Waals surface area contributed by atoms with Gasteiger partial charge in [-0.2, -0.15) is 0 Å². The van der Waals surface area contributed by atoms with E-state index in [1.54, 1.807) is 70.3 Å². The van der Waals surface area contributed by atoms with Crippen molar-refractivity contribution >= 4 is 87.7 Å². The minimum Gasteiger partial charge on any atom is -0.394 e. The van der Waals surface area contributed by atoms with Crippen LogP contribution in [-0.2, 0) is 81.6 Å². The van der Waals surface area contributed by atoms with E-state index in [0.29, 0.717) is 36.8 Å². The van der Waals surface area contributed by atoms with Gasteiger partial charge in [-0.25, -0.2) is 0 Å². The molecule has 578 valence electrons. The Hall–Kier alpha value is -9.85. The van der Waals surface area contributed by atoms with Crippen molar-refractivity contribution in [2.24, 2.45) is 46.6 Å². The number of carbonyl (C=O) groups excluding carboxylic acids is 13. The zero-order valence-corrected chi connectivity index (χ0v) is 62.1. The van der Waals surface area contributed by atoms with Gasteiger partial charge in [-0.05, 0) is 131 Å². The highest BCUT2D eigenvalue weighted by Gasteiger charge is 2.37. The molecule has 31 nitrogen and oxygen atoms in total. The first-order valence-electron chi connectivity index (χ1n) is 36.1. The minimum absolute atomic E-state index is 0.00456. The number of unbranched alkanes of at least 4 members (excludes halogenated alkanes) is 2. The van der Waals surface area contributed by atoms with Crippen molar-refractivity contribution in [2.75, 3.05) is 26.2 Å². The van der Waals surface area contributed by atoms with Gasteiger partial charge >= 0.3 is 0 Å². The molecule has 1 heterocycles. The number of aliphatic hydroxyl groups excluding tert-OH is 1. The second-order valence-corrected chi connectivity index (χ2v) is 28.1. The zero-order chi connectivity index (χ0) is 78.0. The highest BCUT2D eigenvalue weighted by molar-refractivity contribution is 6.00. The molecule has 0 aliphatic rings. The normalized spacial score (nSPS) is 14.8. The summed E-state index contributed by atoms with van der Waals surface area (Å²) in [6, 6.07) is 9.87. The van der Waals surface area contributed by atoms with Crippen LogP contribution in [0.25, 0.3) is 10.9 Å². The molecule has 0 aliphatic carbocycles. The third kappa shape index (κ3) is 30.0. The molecule has 13 amide bonds. The first-order valence-corrected chi connectivity index (χ1v) is 36.1. The highest BCUT2D eigenvalue weighted by Crippen LogP contribution is 2.21. The summed E-state index contributed by atoms with van der Waals surface area (Å²) < 4.78 is 0. The molecule has 105 heavy (non-hydrogen) atoms. The molecule has 4 aromatic rings. The number of amides is 13. The topological polar surface area (TPSA) is 506 Å². The molecule has 0 aliphatic heterocycles. The minimum atomic E-state index is -1.63. The number of nitrogens with one attached hydrogen (secondary N) is 13. The van der Waals surface area contributed by atoms with Crippen molar-refractivity contribution in [3.8, 4) is 0 Å². The van der Waals surface area contributed by atoms with Crippen LogP contribution in [0.5, 0.6) is 0 Å². The van der Waals surface area contributed by atoms with Gasteiger partial charge in [-0.3, -0.25) is 62.3 Å². The van der Waals surface area contributed by atoms with Gasteiger partial charge in [0.2, 0.25) is 76.8 Å². The molecule has 3 aromatic carbocycles. The maximum Gasteiger partial charge on any atom is 0.245 e. The summed E-state index contributed by atoms with van der Waals surface area (Å²) in [5, 5.41) is 42.7. The molecule has 22 N–H and O–H groups in total. The van der Waals surface area contributed by atoms with Crippen LogP contribution in [-0.4, -0.2) is 186 Å². The van der Waals surface area contributed by atoms with Gasteiger partial charge in [0.05, 0.1) is 19.2 Å². The fourth-order valence-electron chi connectivity index (χ4n) is 11.4. The predicted octanol–water partition coefficient (Wildman–Crippen LogP) is -0.848. The van der Waals surface area contributed by atoms with E-state index in [1.165, 1.54) is 13.8 Å². The monoisotopic (exact) mass is 1460 g/mol. The van der Waals surface area contributed by atoms with Crippen LogP contribution in [0.2, 0.25) is 0 Å². The summed E-state index contributed by atoms with van der Waals surface area (Å²) in [6.45, 7) is 15.6. The average Bonchev–Trinajstić information content (AvgIpc) is 1.74. The number of aromatic nitrogens is 1. The molecule has 0 radical (unpaired) electrons. The number of aromatic amines is 1. The molecule has 31 heteroatoms. The number of aliphatic hydroxyl groups is 1. The average molecular weight is 1460 g/mol. The highest BCUT2D eigenvalue weighted by atomic mass is 16.3. The summed E-state index contributed by atoms with van der Waals surface area (Å²) in [6.07, 6.45) is 3.65. The Kier molecular flexibility index (Phi) is 37.3. The van der Waals surface area contributed by atoms with E-state index in [4.69, 9.17) is 22.9 Å². The van der Waals surface area contributed by atoms with Crippen molar-refractivity contribution in [3.63, 3.8) is 0 Å². The molecule has 1 aromatic heterocycles. The van der Waals surface area contributed by atoms with Gasteiger partial charge in [0.1, 0.15) is 66.5 Å². The van der Waals surface area contributed by atoms with Crippen LogP contribution in [0.1, 0.15) is 137 Å². The number of carbonyl (C=O) groups is 13. The van der Waals surface area contributed by atoms with Gasteiger partial charge in [-0.15, -0.1) is 0 Å². The number of fused-ring (bicyclic) bond motifs is 1. The van der Waals surface area contributed by atoms with Crippen LogP contribution < -0.4 is 86.7 Å². The number of rotatable bonds is 46. The van der Waals surface area contributed by atoms with E-state index < -0.39 is 174 Å². The zero-order valence-electron chi connectivity index (χ0n) is 62.1. The Balaban J connectivity index is 1.48. The van der Waals surface area contributed by atoms with Gasteiger partial charge in [0.25, 0.3) is 0 Å². The maximum absolute atomic E-state index is 14.9. The standard InChI is InChI=1S/C74H113N17O14/c1-41(2)33-56(87-66(97)51(77)35-47-23-13-11-14-24-47)67(98)80-39-60(93)81-45(9)64(95)86-57(34-42(3)4)70(101)88-58(37-49-38-79-52-28-18-17-27-50(49)52)71(102)84-54(30-20-22-32-76)69(100)90-61(43(5)6)73(104)82-46(10)65(96)83-53(29-19-21-31-75)68(99)89-59(40-92)72(103)91-62(44(7)8)74(105)85-55(63(78)94)36-48-25-15-12-16-26-48/h11-18,23-28,38,41-46,51,53-59,61-62,79,92H,19-22,29-37,39-40,75-77H2,1-10H3,(H2,78,94)(H,80,98)(H,81,93)(H,82,104)(H,83,96)(H,84,102)(H,85,105)(H,86,95)(H,87,97)(H,88,101)(H,89,99)(H,90,100)(H,91,103)/t45-,46-,51-,53-,54-,55-,56-,57-,58-,59-,61-,62-/m0/s1. The summed E-state index contributed by atoms with van der Waals surface area (Å²) in [4.78, 5) is 183. The van der Waals surface area contributed by atoms with Gasteiger partial charge < -0.3 is 96.8 Å². The SMILES string of the molecule is CC(C)C[C@H](NC(=O)[C@H](C)NC(=O)CNC(=O)[C@H](CC(C)C)NC(=O)[C@@H](N)Cc1ccccc1)C(=O)N[C@@H](Cc1c[nH]c2ccccc12)C(=O)N[C@@H](CCCCN)C(=O)N[C@H](C(=O)N[C@@H](C)C(=O)N[C@@H](CCCCN)C(=O)N[C@@H](CO)C(=O)N[C@H](C(=O)N[C@@H](Cc1ccccc1)C(N)=O)C(C)C)C(C)C. The fourth-order valence-corrected chi connectivity index (χ4v) is 11.4. The Bertz CT molecular complexity index is 3520. The Morgan fingerprint density at radius 2 is 0.819 bits per heavy atom. The molecule has 0 saturated carbocycles. The van der Waals surface area contributed by atoms with Crippen LogP contribution in [0, 0.1) is 23.7 Å². The maximum atomic E-state index is 14.9. The Morgan fingerprint density at radius 3 is 1.33 bits per heavy atom. The number of nitrogens with two attached hydrogens (primary N) is 4. The molecule has 0 unspecified atom stereocenters. The van der Waals surface area contributed by atoms with E-state index in [2.05, 4.69) is 68.8 Å². The second kappa shape index (κ2) is 44.7. The molecule has 0 fully saturated rings. The van der Waals surface area contributed by atoms with E-state index in [1.807, 2.05) is 76.2 Å². The van der Waals surface area contributed by atoms with E-state index in [-0.39, 0.29) is 69.9 Å². The largest absolute Gasteiger partial charge is 0.394 e. The first-order chi connectivity index (χ1) is 49.8. The molecule has 0 bridgehead atoms. The van der Waals surface area contributed by atoms with Crippen molar-refractivity contribution in [3.05, 3.63) is 108 Å². The molecule has 12 atom stereocenters. The van der Waals surface area contributed by atoms with Gasteiger partial charge in [-0.1, -0.05) is 134 Å². The Labute approximate surface area is 614 Å². The summed E-state index contributed by atoms with van der Waals surface area (Å²) in [5.74, 6) is -11.7.